The summed E-state index contributed by atoms with van der Waals surface area (Å²) in [7, 11) is 0. The molecule has 1 saturated carbocycles. The highest BCUT2D eigenvalue weighted by molar-refractivity contribution is 5.94. The summed E-state index contributed by atoms with van der Waals surface area (Å²) in [5.41, 5.74) is 1.53. The van der Waals surface area contributed by atoms with Gasteiger partial charge in [0.1, 0.15) is 0 Å². The maximum Gasteiger partial charge on any atom is 0.258 e. The molecule has 0 radical (unpaired) electrons. The Hall–Kier alpha value is -2.14. The normalized spacial score (nSPS) is 16.8. The van der Waals surface area contributed by atoms with Gasteiger partial charge in [-0.1, -0.05) is 43.2 Å². The van der Waals surface area contributed by atoms with E-state index >= 15 is 0 Å². The fourth-order valence-corrected chi connectivity index (χ4v) is 2.66. The fraction of sp³-hybridized carbons (Fsp3) is 0.375. The van der Waals surface area contributed by atoms with Gasteiger partial charge in [0.25, 0.3) is 5.91 Å². The smallest absolute Gasteiger partial charge is 0.258 e. The molecular weight excluding hydrogens is 266 g/mol. The van der Waals surface area contributed by atoms with Crippen molar-refractivity contribution < 1.29 is 9.53 Å². The number of hydrogen-bond donors (Lipinski definition) is 2. The van der Waals surface area contributed by atoms with Crippen LogP contribution in [0.15, 0.2) is 42.7 Å². The zero-order valence-corrected chi connectivity index (χ0v) is 11.8. The predicted octanol–water partition coefficient (Wildman–Crippen LogP) is 3.05. The number of carbonyl (C=O) groups is 1. The summed E-state index contributed by atoms with van der Waals surface area (Å²) in [6, 6.07) is 9.63. The van der Waals surface area contributed by atoms with Crippen LogP contribution in [0.5, 0.6) is 0 Å². The summed E-state index contributed by atoms with van der Waals surface area (Å²) in [5.74, 6) is -0.158. The first kappa shape index (κ1) is 13.8. The number of carbonyl (C=O) groups excluding carboxylic acids is 1. The summed E-state index contributed by atoms with van der Waals surface area (Å²) in [6.45, 7) is 0. The average molecular weight is 285 g/mol. The maximum absolute atomic E-state index is 12.5. The highest BCUT2D eigenvalue weighted by Gasteiger charge is 2.27. The number of H-pyrrole nitrogens is 1. The second-order valence-corrected chi connectivity index (χ2v) is 5.31. The molecule has 1 amide bonds. The van der Waals surface area contributed by atoms with E-state index in [2.05, 4.69) is 15.5 Å². The molecule has 110 valence electrons. The number of amides is 1. The molecule has 1 heterocycles. The molecular formula is C16H19N3O2. The van der Waals surface area contributed by atoms with E-state index in [1.807, 2.05) is 30.3 Å². The van der Waals surface area contributed by atoms with Crippen molar-refractivity contribution in [2.75, 3.05) is 5.32 Å². The van der Waals surface area contributed by atoms with Crippen molar-refractivity contribution >= 4 is 11.6 Å². The van der Waals surface area contributed by atoms with E-state index in [1.54, 1.807) is 12.4 Å². The van der Waals surface area contributed by atoms with Gasteiger partial charge in [0.2, 0.25) is 0 Å². The number of ether oxygens (including phenoxy) is 1. The summed E-state index contributed by atoms with van der Waals surface area (Å²) in [6.07, 6.45) is 7.23. The van der Waals surface area contributed by atoms with E-state index in [0.717, 1.165) is 18.4 Å². The average Bonchev–Trinajstić information content (AvgIpc) is 3.19. The van der Waals surface area contributed by atoms with Gasteiger partial charge in [-0.15, -0.1) is 0 Å². The van der Waals surface area contributed by atoms with E-state index in [4.69, 9.17) is 4.74 Å². The van der Waals surface area contributed by atoms with Gasteiger partial charge in [0.15, 0.2) is 6.10 Å². The molecule has 1 aliphatic carbocycles. The minimum absolute atomic E-state index is 0.158. The van der Waals surface area contributed by atoms with Crippen LogP contribution in [0.3, 0.4) is 0 Å². The lowest BCUT2D eigenvalue weighted by atomic mass is 10.1. The van der Waals surface area contributed by atoms with Crippen molar-refractivity contribution in [1.82, 2.24) is 10.2 Å². The Balaban J connectivity index is 1.75. The molecule has 2 aromatic rings. The number of nitrogens with one attached hydrogen (secondary N) is 2. The van der Waals surface area contributed by atoms with Crippen LogP contribution in [-0.4, -0.2) is 22.2 Å². The Bertz CT molecular complexity index is 562. The molecule has 21 heavy (non-hydrogen) atoms. The topological polar surface area (TPSA) is 67.0 Å². The molecule has 1 fully saturated rings. The number of nitrogens with zero attached hydrogens (tertiary/aromatic N) is 1. The fourth-order valence-electron chi connectivity index (χ4n) is 2.66. The molecule has 0 aliphatic heterocycles. The molecule has 0 unspecified atom stereocenters. The summed E-state index contributed by atoms with van der Waals surface area (Å²) in [5, 5.41) is 9.35. The van der Waals surface area contributed by atoms with Crippen molar-refractivity contribution in [1.29, 1.82) is 0 Å². The number of hydrogen-bond acceptors (Lipinski definition) is 3. The Morgan fingerprint density at radius 1 is 1.29 bits per heavy atom. The van der Waals surface area contributed by atoms with Crippen molar-refractivity contribution in [3.05, 3.63) is 48.3 Å². The van der Waals surface area contributed by atoms with Gasteiger partial charge in [-0.25, -0.2) is 0 Å². The van der Waals surface area contributed by atoms with Gasteiger partial charge in [-0.2, -0.15) is 5.10 Å². The minimum Gasteiger partial charge on any atom is -0.360 e. The van der Waals surface area contributed by atoms with E-state index in [9.17, 15) is 4.79 Å². The van der Waals surface area contributed by atoms with Crippen LogP contribution in [0.1, 0.15) is 37.4 Å². The number of benzene rings is 1. The first-order valence-corrected chi connectivity index (χ1v) is 7.33. The van der Waals surface area contributed by atoms with E-state index in [1.165, 1.54) is 12.8 Å². The second kappa shape index (κ2) is 6.54. The van der Waals surface area contributed by atoms with Crippen LogP contribution >= 0.6 is 0 Å². The number of rotatable bonds is 5. The largest absolute Gasteiger partial charge is 0.360 e. The highest BCUT2D eigenvalue weighted by atomic mass is 16.5. The van der Waals surface area contributed by atoms with Gasteiger partial charge >= 0.3 is 0 Å². The molecule has 0 bridgehead atoms. The molecule has 1 aromatic carbocycles. The monoisotopic (exact) mass is 285 g/mol. The molecule has 1 aliphatic rings. The van der Waals surface area contributed by atoms with Gasteiger partial charge in [0.05, 0.1) is 18.0 Å². The van der Waals surface area contributed by atoms with E-state index < -0.39 is 6.10 Å². The van der Waals surface area contributed by atoms with Crippen LogP contribution in [0.25, 0.3) is 0 Å². The zero-order valence-electron chi connectivity index (χ0n) is 11.8. The molecule has 1 aromatic heterocycles. The quantitative estimate of drug-likeness (QED) is 0.887. The van der Waals surface area contributed by atoms with Gasteiger partial charge in [-0.3, -0.25) is 9.89 Å². The van der Waals surface area contributed by atoms with Crippen LogP contribution in [0, 0.1) is 0 Å². The first-order valence-electron chi connectivity index (χ1n) is 7.33. The number of aromatic nitrogens is 2. The lowest BCUT2D eigenvalue weighted by molar-refractivity contribution is -0.131. The predicted molar refractivity (Wildman–Crippen MR) is 79.7 cm³/mol. The molecule has 5 nitrogen and oxygen atoms in total. The lowest BCUT2D eigenvalue weighted by Crippen LogP contribution is -2.26. The Kier molecular flexibility index (Phi) is 4.31. The summed E-state index contributed by atoms with van der Waals surface area (Å²) in [4.78, 5) is 12.5. The standard InChI is InChI=1S/C16H19N3O2/c20-16(19-13-10-17-18-11-13)15(12-6-2-1-3-7-12)21-14-8-4-5-9-14/h1-3,6-7,10-11,14-15H,4-5,8-9H2,(H,17,18)(H,19,20)/t15-/m0/s1. The minimum atomic E-state index is -0.579. The first-order chi connectivity index (χ1) is 10.3. The maximum atomic E-state index is 12.5. The van der Waals surface area contributed by atoms with E-state index in [0.29, 0.717) is 5.69 Å². The third-order valence-electron chi connectivity index (χ3n) is 3.74. The molecule has 3 rings (SSSR count). The molecule has 5 heteroatoms. The van der Waals surface area contributed by atoms with E-state index in [-0.39, 0.29) is 12.0 Å². The molecule has 0 saturated heterocycles. The van der Waals surface area contributed by atoms with Crippen LogP contribution in [0.2, 0.25) is 0 Å². The SMILES string of the molecule is O=C(Nc1cn[nH]c1)[C@@H](OC1CCCC1)c1ccccc1. The molecule has 1 atom stereocenters. The second-order valence-electron chi connectivity index (χ2n) is 5.31. The molecule has 2 N–H and O–H groups in total. The van der Waals surface area contributed by atoms with Crippen molar-refractivity contribution in [2.45, 2.75) is 37.9 Å². The Labute approximate surface area is 123 Å². The summed E-state index contributed by atoms with van der Waals surface area (Å²) < 4.78 is 6.07. The van der Waals surface area contributed by atoms with Crippen molar-refractivity contribution in [2.24, 2.45) is 0 Å². The van der Waals surface area contributed by atoms with Gasteiger partial charge < -0.3 is 10.1 Å². The summed E-state index contributed by atoms with van der Waals surface area (Å²) >= 11 is 0. The Morgan fingerprint density at radius 2 is 2.05 bits per heavy atom. The number of anilines is 1. The third-order valence-corrected chi connectivity index (χ3v) is 3.74. The van der Waals surface area contributed by atoms with Crippen LogP contribution in [0.4, 0.5) is 5.69 Å². The van der Waals surface area contributed by atoms with Crippen molar-refractivity contribution in [3.63, 3.8) is 0 Å². The Morgan fingerprint density at radius 3 is 2.71 bits per heavy atom. The van der Waals surface area contributed by atoms with Gasteiger partial charge in [-0.05, 0) is 18.4 Å². The highest BCUT2D eigenvalue weighted by Crippen LogP contribution is 2.28. The zero-order chi connectivity index (χ0) is 14.5. The van der Waals surface area contributed by atoms with Crippen LogP contribution < -0.4 is 5.32 Å². The third kappa shape index (κ3) is 3.49. The van der Waals surface area contributed by atoms with Crippen molar-refractivity contribution in [3.8, 4) is 0 Å². The number of aromatic amines is 1. The molecule has 0 spiro atoms. The van der Waals surface area contributed by atoms with Crippen LogP contribution in [-0.2, 0) is 9.53 Å². The van der Waals surface area contributed by atoms with Gasteiger partial charge in [0, 0.05) is 6.20 Å². The lowest BCUT2D eigenvalue weighted by Gasteiger charge is -2.21.